The van der Waals surface area contributed by atoms with Crippen LogP contribution in [0.4, 0.5) is 5.69 Å². The summed E-state index contributed by atoms with van der Waals surface area (Å²) in [6.07, 6.45) is 5.52. The minimum atomic E-state index is -0.649. The number of anilines is 1. The van der Waals surface area contributed by atoms with Crippen LogP contribution in [0.2, 0.25) is 0 Å². The van der Waals surface area contributed by atoms with Crippen LogP contribution in [-0.2, 0) is 9.53 Å². The van der Waals surface area contributed by atoms with Gasteiger partial charge in [0.15, 0.2) is 0 Å². The lowest BCUT2D eigenvalue weighted by Gasteiger charge is -2.31. The van der Waals surface area contributed by atoms with Gasteiger partial charge in [-0.2, -0.15) is 0 Å². The topological polar surface area (TPSA) is 101 Å². The first-order valence-corrected chi connectivity index (χ1v) is 10.7. The number of hydrogen-bond acceptors (Lipinski definition) is 5. The zero-order valence-electron chi connectivity index (χ0n) is 17.9. The molecule has 1 aliphatic heterocycles. The van der Waals surface area contributed by atoms with Crippen molar-refractivity contribution < 1.29 is 19.4 Å². The number of carbonyl (C=O) groups excluding carboxylic acids is 2. The Morgan fingerprint density at radius 2 is 1.61 bits per heavy atom. The summed E-state index contributed by atoms with van der Waals surface area (Å²) >= 11 is 0. The van der Waals surface area contributed by atoms with Crippen LogP contribution < -0.4 is 10.6 Å². The Kier molecular flexibility index (Phi) is 7.24. The van der Waals surface area contributed by atoms with E-state index >= 15 is 0 Å². The molecule has 3 atom stereocenters. The highest BCUT2D eigenvalue weighted by molar-refractivity contribution is 5.94. The van der Waals surface area contributed by atoms with Gasteiger partial charge in [0.25, 0.3) is 5.91 Å². The summed E-state index contributed by atoms with van der Waals surface area (Å²) < 4.78 is 5.85. The highest BCUT2D eigenvalue weighted by Gasteiger charge is 2.29. The predicted octanol–water partition coefficient (Wildman–Crippen LogP) is 3.19. The van der Waals surface area contributed by atoms with Crippen LogP contribution in [0.5, 0.6) is 0 Å². The van der Waals surface area contributed by atoms with Crippen LogP contribution in [0, 0.1) is 0 Å². The van der Waals surface area contributed by atoms with Crippen molar-refractivity contribution in [3.8, 4) is 11.1 Å². The fraction of sp³-hybridized carbons (Fsp3) is 0.192. The fourth-order valence-corrected chi connectivity index (χ4v) is 3.65. The number of rotatable bonds is 7. The molecule has 3 aromatic rings. The molecule has 0 unspecified atom stereocenters. The second-order valence-electron chi connectivity index (χ2n) is 7.71. The van der Waals surface area contributed by atoms with E-state index in [1.165, 1.54) is 12.4 Å². The molecule has 2 heterocycles. The SMILES string of the molecule is O=C(C[C@H]1C=C[C@H](NC(=O)c2ccncc2)[C@@H](CO)O1)Nc1ccc(-c2ccccc2)cc1. The van der Waals surface area contributed by atoms with Gasteiger partial charge in [-0.15, -0.1) is 0 Å². The second-order valence-corrected chi connectivity index (χ2v) is 7.71. The molecular formula is C26H25N3O4. The Morgan fingerprint density at radius 1 is 0.909 bits per heavy atom. The molecule has 1 aliphatic rings. The van der Waals surface area contributed by atoms with Gasteiger partial charge in [-0.25, -0.2) is 0 Å². The van der Waals surface area contributed by atoms with Crippen molar-refractivity contribution in [2.45, 2.75) is 24.7 Å². The predicted molar refractivity (Wildman–Crippen MR) is 126 cm³/mol. The maximum Gasteiger partial charge on any atom is 0.251 e. The number of benzene rings is 2. The number of nitrogens with zero attached hydrogens (tertiary/aromatic N) is 1. The molecule has 7 nitrogen and oxygen atoms in total. The van der Waals surface area contributed by atoms with Crippen molar-refractivity contribution in [3.63, 3.8) is 0 Å². The summed E-state index contributed by atoms with van der Waals surface area (Å²) in [5.74, 6) is -0.489. The quantitative estimate of drug-likeness (QED) is 0.487. The number of pyridine rings is 1. The molecule has 0 spiro atoms. The highest BCUT2D eigenvalue weighted by atomic mass is 16.5. The summed E-state index contributed by atoms with van der Waals surface area (Å²) in [6, 6.07) is 20.4. The third-order valence-corrected chi connectivity index (χ3v) is 5.37. The molecule has 3 N–H and O–H groups in total. The minimum Gasteiger partial charge on any atom is -0.394 e. The zero-order valence-corrected chi connectivity index (χ0v) is 17.9. The number of carbonyl (C=O) groups is 2. The van der Waals surface area contributed by atoms with Gasteiger partial charge < -0.3 is 20.5 Å². The van der Waals surface area contributed by atoms with E-state index in [-0.39, 0.29) is 24.8 Å². The van der Waals surface area contributed by atoms with Crippen molar-refractivity contribution in [1.82, 2.24) is 10.3 Å². The second kappa shape index (κ2) is 10.7. The fourth-order valence-electron chi connectivity index (χ4n) is 3.65. The van der Waals surface area contributed by atoms with Crippen molar-refractivity contribution in [2.75, 3.05) is 11.9 Å². The van der Waals surface area contributed by atoms with Gasteiger partial charge in [-0.3, -0.25) is 14.6 Å². The third kappa shape index (κ3) is 5.91. The number of aliphatic hydroxyl groups is 1. The van der Waals surface area contributed by atoms with E-state index in [1.807, 2.05) is 54.6 Å². The van der Waals surface area contributed by atoms with Gasteiger partial charge in [0.2, 0.25) is 5.91 Å². The van der Waals surface area contributed by atoms with E-state index in [1.54, 1.807) is 24.3 Å². The first kappa shape index (κ1) is 22.4. The van der Waals surface area contributed by atoms with E-state index in [2.05, 4.69) is 15.6 Å². The van der Waals surface area contributed by atoms with Crippen LogP contribution in [0.3, 0.4) is 0 Å². The summed E-state index contributed by atoms with van der Waals surface area (Å²) in [6.45, 7) is -0.287. The molecule has 2 amide bonds. The first-order valence-electron chi connectivity index (χ1n) is 10.7. The smallest absolute Gasteiger partial charge is 0.251 e. The van der Waals surface area contributed by atoms with Crippen LogP contribution in [0.25, 0.3) is 11.1 Å². The molecule has 4 rings (SSSR count). The van der Waals surface area contributed by atoms with Gasteiger partial charge in [0.05, 0.1) is 25.2 Å². The number of aromatic nitrogens is 1. The zero-order chi connectivity index (χ0) is 23.0. The molecule has 0 aliphatic carbocycles. The van der Waals surface area contributed by atoms with E-state index < -0.39 is 18.2 Å². The van der Waals surface area contributed by atoms with Crippen molar-refractivity contribution in [2.24, 2.45) is 0 Å². The van der Waals surface area contributed by atoms with Gasteiger partial charge in [0.1, 0.15) is 6.10 Å². The molecule has 0 bridgehead atoms. The average Bonchev–Trinajstić information content (AvgIpc) is 2.86. The molecule has 0 saturated carbocycles. The first-order chi connectivity index (χ1) is 16.1. The summed E-state index contributed by atoms with van der Waals surface area (Å²) in [5.41, 5.74) is 3.34. The van der Waals surface area contributed by atoms with Gasteiger partial charge >= 0.3 is 0 Å². The minimum absolute atomic E-state index is 0.0957. The lowest BCUT2D eigenvalue weighted by atomic mass is 10.0. The molecule has 0 fully saturated rings. The average molecular weight is 444 g/mol. The standard InChI is InChI=1S/C26H25N3O4/c30-17-24-23(29-26(32)20-12-14-27-15-13-20)11-10-22(33-24)16-25(31)28-21-8-6-19(7-9-21)18-4-2-1-3-5-18/h1-15,22-24,30H,16-17H2,(H,28,31)(H,29,32)/t22-,23+,24-/m1/s1. The molecule has 7 heteroatoms. The lowest BCUT2D eigenvalue weighted by molar-refractivity contribution is -0.120. The molecule has 2 aromatic carbocycles. The molecule has 33 heavy (non-hydrogen) atoms. The summed E-state index contributed by atoms with van der Waals surface area (Å²) in [5, 5.41) is 15.4. The van der Waals surface area contributed by atoms with E-state index in [0.717, 1.165) is 11.1 Å². The Labute approximate surface area is 192 Å². The van der Waals surface area contributed by atoms with Crippen molar-refractivity contribution in [3.05, 3.63) is 96.8 Å². The maximum absolute atomic E-state index is 12.5. The number of aliphatic hydroxyl groups excluding tert-OH is 1. The summed E-state index contributed by atoms with van der Waals surface area (Å²) in [4.78, 5) is 28.8. The Bertz CT molecular complexity index is 1100. The highest BCUT2D eigenvalue weighted by Crippen LogP contribution is 2.22. The Morgan fingerprint density at radius 3 is 2.30 bits per heavy atom. The van der Waals surface area contributed by atoms with E-state index in [9.17, 15) is 14.7 Å². The van der Waals surface area contributed by atoms with E-state index in [4.69, 9.17) is 4.74 Å². The molecule has 1 aromatic heterocycles. The molecule has 0 radical (unpaired) electrons. The molecule has 168 valence electrons. The van der Waals surface area contributed by atoms with E-state index in [0.29, 0.717) is 11.3 Å². The van der Waals surface area contributed by atoms with Gasteiger partial charge in [0, 0.05) is 23.6 Å². The number of hydrogen-bond donors (Lipinski definition) is 3. The van der Waals surface area contributed by atoms with Crippen LogP contribution in [0.1, 0.15) is 16.8 Å². The molecule has 0 saturated heterocycles. The Hall–Kier alpha value is -3.81. The lowest BCUT2D eigenvalue weighted by Crippen LogP contribution is -2.48. The Balaban J connectivity index is 1.32. The van der Waals surface area contributed by atoms with Crippen molar-refractivity contribution in [1.29, 1.82) is 0 Å². The maximum atomic E-state index is 12.5. The summed E-state index contributed by atoms with van der Waals surface area (Å²) in [7, 11) is 0. The third-order valence-electron chi connectivity index (χ3n) is 5.37. The van der Waals surface area contributed by atoms with Crippen LogP contribution in [-0.4, -0.2) is 46.8 Å². The monoisotopic (exact) mass is 443 g/mol. The van der Waals surface area contributed by atoms with Crippen molar-refractivity contribution >= 4 is 17.5 Å². The number of amides is 2. The van der Waals surface area contributed by atoms with Crippen LogP contribution in [0.15, 0.2) is 91.3 Å². The van der Waals surface area contributed by atoms with Gasteiger partial charge in [-0.1, -0.05) is 54.6 Å². The normalized spacial score (nSPS) is 19.6. The van der Waals surface area contributed by atoms with Gasteiger partial charge in [-0.05, 0) is 35.4 Å². The largest absolute Gasteiger partial charge is 0.394 e. The molecular weight excluding hydrogens is 418 g/mol. The number of ether oxygens (including phenoxy) is 1. The number of nitrogens with one attached hydrogen (secondary N) is 2. The van der Waals surface area contributed by atoms with Crippen LogP contribution >= 0.6 is 0 Å².